The van der Waals surface area contributed by atoms with E-state index in [2.05, 4.69) is 11.1 Å². The summed E-state index contributed by atoms with van der Waals surface area (Å²) >= 11 is 0. The Morgan fingerprint density at radius 1 is 1.30 bits per heavy atom. The van der Waals surface area contributed by atoms with Gasteiger partial charge in [-0.3, -0.25) is 4.18 Å². The second-order valence-electron chi connectivity index (χ2n) is 1.36. The smallest absolute Gasteiger partial charge is 0.253 e. The molecule has 0 saturated heterocycles. The van der Waals surface area contributed by atoms with E-state index in [-0.39, 0.29) is 6.42 Å². The van der Waals surface area contributed by atoms with Gasteiger partial charge >= 0.3 is 0 Å². The van der Waals surface area contributed by atoms with Gasteiger partial charge in [-0.15, -0.1) is 0 Å². The Morgan fingerprint density at radius 2 is 1.80 bits per heavy atom. The van der Waals surface area contributed by atoms with Gasteiger partial charge in [0.25, 0.3) is 11.0 Å². The highest BCUT2D eigenvalue weighted by molar-refractivity contribution is 7.74. The third-order valence-electron chi connectivity index (χ3n) is 0.690. The van der Waals surface area contributed by atoms with Crippen molar-refractivity contribution in [3.63, 3.8) is 0 Å². The van der Waals surface area contributed by atoms with Crippen molar-refractivity contribution in [1.82, 2.24) is 0 Å². The fourth-order valence-corrected chi connectivity index (χ4v) is 1.35. The molecular weight excluding hydrogens is 180 g/mol. The normalized spacial score (nSPS) is 14.3. The van der Waals surface area contributed by atoms with E-state index in [9.17, 15) is 16.8 Å². The Hall–Kier alpha value is -0.140. The minimum absolute atomic E-state index is 0.109. The van der Waals surface area contributed by atoms with Gasteiger partial charge in [-0.25, -0.2) is 16.8 Å². The van der Waals surface area contributed by atoms with Crippen LogP contribution in [0.2, 0.25) is 0 Å². The minimum Gasteiger partial charge on any atom is -0.253 e. The minimum atomic E-state index is -3.10. The lowest BCUT2D eigenvalue weighted by Gasteiger charge is -2.00. The van der Waals surface area contributed by atoms with Crippen molar-refractivity contribution >= 4 is 21.7 Å². The predicted octanol–water partition coefficient (Wildman–Crippen LogP) is -1.31. The van der Waals surface area contributed by atoms with Crippen molar-refractivity contribution in [1.29, 1.82) is 0 Å². The second-order valence-corrected chi connectivity index (χ2v) is 3.16. The van der Waals surface area contributed by atoms with E-state index in [4.69, 9.17) is 0 Å². The summed E-state index contributed by atoms with van der Waals surface area (Å²) in [5, 5.41) is 0. The summed E-state index contributed by atoms with van der Waals surface area (Å²) in [6.07, 6.45) is -0.109. The first kappa shape index (κ1) is 9.86. The van der Waals surface area contributed by atoms with E-state index < -0.39 is 27.1 Å². The van der Waals surface area contributed by atoms with Gasteiger partial charge in [-0.05, 0) is 13.3 Å². The molecule has 1 atom stereocenters. The van der Waals surface area contributed by atoms with E-state index in [1.807, 2.05) is 0 Å². The van der Waals surface area contributed by atoms with Crippen molar-refractivity contribution in [2.75, 3.05) is 0 Å². The lowest BCUT2D eigenvalue weighted by molar-refractivity contribution is 0.297. The summed E-state index contributed by atoms with van der Waals surface area (Å²) in [7, 11) is -5.97. The second kappa shape index (κ2) is 4.64. The van der Waals surface area contributed by atoms with Crippen LogP contribution in [0.25, 0.3) is 0 Å². The molecule has 0 aliphatic heterocycles. The molecule has 0 aromatic heterocycles. The molecule has 0 aromatic carbocycles. The first-order valence-corrected chi connectivity index (χ1v) is 4.66. The average molecular weight is 187 g/mol. The summed E-state index contributed by atoms with van der Waals surface area (Å²) in [5.74, 6) is 0. The van der Waals surface area contributed by atoms with E-state index in [1.54, 1.807) is 0 Å². The summed E-state index contributed by atoms with van der Waals surface area (Å²) in [6.45, 7) is 3.18. The standard InChI is InChI=1S/C3H7O5S2/c1-2-3(9(4)5)8-10(6)7/h3,9-10H,1-2H2. The maximum atomic E-state index is 10.1. The predicted molar refractivity (Wildman–Crippen MR) is 35.5 cm³/mol. The maximum Gasteiger partial charge on any atom is 0.258 e. The van der Waals surface area contributed by atoms with Gasteiger partial charge in [-0.1, -0.05) is 0 Å². The molecule has 10 heavy (non-hydrogen) atoms. The summed E-state index contributed by atoms with van der Waals surface area (Å²) in [4.78, 5) is 0. The van der Waals surface area contributed by atoms with Crippen molar-refractivity contribution in [3.05, 3.63) is 6.92 Å². The molecule has 0 rings (SSSR count). The molecule has 0 fully saturated rings. The molecule has 0 aliphatic carbocycles. The van der Waals surface area contributed by atoms with Crippen molar-refractivity contribution in [3.8, 4) is 0 Å². The average Bonchev–Trinajstić information content (AvgIpc) is 1.81. The van der Waals surface area contributed by atoms with Gasteiger partial charge in [0.2, 0.25) is 0 Å². The zero-order valence-electron chi connectivity index (χ0n) is 4.93. The van der Waals surface area contributed by atoms with E-state index in [0.29, 0.717) is 0 Å². The third kappa shape index (κ3) is 3.80. The zero-order chi connectivity index (χ0) is 8.15. The number of hydrogen-bond acceptors (Lipinski definition) is 5. The Kier molecular flexibility index (Phi) is 4.58. The van der Waals surface area contributed by atoms with E-state index in [1.165, 1.54) is 0 Å². The van der Waals surface area contributed by atoms with Crippen LogP contribution in [0.5, 0.6) is 0 Å². The Morgan fingerprint density at radius 3 is 1.90 bits per heavy atom. The van der Waals surface area contributed by atoms with Crippen LogP contribution in [-0.4, -0.2) is 22.3 Å². The summed E-state index contributed by atoms with van der Waals surface area (Å²) in [5.41, 5.74) is -1.31. The molecule has 1 radical (unpaired) electrons. The van der Waals surface area contributed by atoms with Crippen LogP contribution in [0.1, 0.15) is 6.42 Å². The highest BCUT2D eigenvalue weighted by Gasteiger charge is 2.09. The summed E-state index contributed by atoms with van der Waals surface area (Å²) in [6, 6.07) is 0. The molecule has 5 nitrogen and oxygen atoms in total. The first-order valence-electron chi connectivity index (χ1n) is 2.32. The molecule has 0 N–H and O–H groups in total. The van der Waals surface area contributed by atoms with Crippen LogP contribution in [0.3, 0.4) is 0 Å². The van der Waals surface area contributed by atoms with Crippen LogP contribution in [0, 0.1) is 6.92 Å². The van der Waals surface area contributed by atoms with Crippen molar-refractivity contribution in [2.24, 2.45) is 0 Å². The molecule has 0 saturated carbocycles. The lowest BCUT2D eigenvalue weighted by atomic mass is 10.5. The van der Waals surface area contributed by atoms with Crippen LogP contribution in [0.15, 0.2) is 0 Å². The topological polar surface area (TPSA) is 77.5 Å². The van der Waals surface area contributed by atoms with Gasteiger partial charge in [0, 0.05) is 0 Å². The summed E-state index contributed by atoms with van der Waals surface area (Å²) < 4.78 is 43.7. The van der Waals surface area contributed by atoms with Gasteiger partial charge in [0.15, 0.2) is 16.1 Å². The molecule has 0 amide bonds. The molecule has 7 heteroatoms. The monoisotopic (exact) mass is 187 g/mol. The van der Waals surface area contributed by atoms with E-state index >= 15 is 0 Å². The molecule has 0 aliphatic rings. The zero-order valence-corrected chi connectivity index (χ0v) is 6.72. The Labute approximate surface area is 62.1 Å². The molecule has 0 spiro atoms. The molecule has 0 bridgehead atoms. The SMILES string of the molecule is [CH2]CC(O[SH](=O)=O)[SH](=O)=O. The molecule has 1 unspecified atom stereocenters. The number of thiol groups is 2. The van der Waals surface area contributed by atoms with Gasteiger partial charge < -0.3 is 0 Å². The van der Waals surface area contributed by atoms with Crippen LogP contribution >= 0.6 is 0 Å². The number of rotatable bonds is 4. The van der Waals surface area contributed by atoms with Gasteiger partial charge in [0.1, 0.15) is 0 Å². The fourth-order valence-electron chi connectivity index (χ4n) is 0.296. The fraction of sp³-hybridized carbons (Fsp3) is 0.667. The lowest BCUT2D eigenvalue weighted by Crippen LogP contribution is -2.11. The van der Waals surface area contributed by atoms with Gasteiger partial charge in [0.05, 0.1) is 0 Å². The quantitative estimate of drug-likeness (QED) is 0.534. The van der Waals surface area contributed by atoms with Crippen molar-refractivity contribution in [2.45, 2.75) is 11.9 Å². The highest BCUT2D eigenvalue weighted by atomic mass is 32.2. The molecule has 0 heterocycles. The number of hydrogen-bond donors (Lipinski definition) is 2. The first-order chi connectivity index (χ1) is 4.57. The van der Waals surface area contributed by atoms with Crippen LogP contribution in [-0.2, 0) is 25.9 Å². The molecular formula is C3H7O5S2. The van der Waals surface area contributed by atoms with E-state index in [0.717, 1.165) is 0 Å². The molecule has 0 aromatic rings. The highest BCUT2D eigenvalue weighted by Crippen LogP contribution is 1.96. The third-order valence-corrected chi connectivity index (χ3v) is 2.12. The van der Waals surface area contributed by atoms with Gasteiger partial charge in [-0.2, -0.15) is 0 Å². The maximum absolute atomic E-state index is 10.1. The Bertz CT molecular complexity index is 211. The molecule has 61 valence electrons. The van der Waals surface area contributed by atoms with Crippen LogP contribution < -0.4 is 0 Å². The Balaban J connectivity index is 4.09. The largest absolute Gasteiger partial charge is 0.258 e. The van der Waals surface area contributed by atoms with Crippen molar-refractivity contribution < 1.29 is 21.0 Å². The van der Waals surface area contributed by atoms with Crippen LogP contribution in [0.4, 0.5) is 0 Å².